The number of nitrogens with zero attached hydrogens (tertiary/aromatic N) is 2. The second kappa shape index (κ2) is 6.99. The minimum Gasteiger partial charge on any atom is -0.310 e. The first-order valence-corrected chi connectivity index (χ1v) is 7.93. The molecule has 0 aliphatic rings. The predicted molar refractivity (Wildman–Crippen MR) is 89.3 cm³/mol. The van der Waals surface area contributed by atoms with Crippen molar-refractivity contribution in [3.63, 3.8) is 0 Å². The average Bonchev–Trinajstić information content (AvgIpc) is 2.46. The van der Waals surface area contributed by atoms with E-state index in [4.69, 9.17) is 0 Å². The Morgan fingerprint density at radius 3 is 2.48 bits per heavy atom. The van der Waals surface area contributed by atoms with Gasteiger partial charge in [0.05, 0.1) is 11.0 Å². The highest BCUT2D eigenvalue weighted by atomic mass is 14.9. The zero-order valence-corrected chi connectivity index (χ0v) is 13.7. The summed E-state index contributed by atoms with van der Waals surface area (Å²) in [5.41, 5.74) is 3.63. The van der Waals surface area contributed by atoms with Gasteiger partial charge in [0.25, 0.3) is 0 Å². The Morgan fingerprint density at radius 1 is 1.10 bits per heavy atom. The Morgan fingerprint density at radius 2 is 1.81 bits per heavy atom. The summed E-state index contributed by atoms with van der Waals surface area (Å²) in [6, 6.07) is 6.84. The van der Waals surface area contributed by atoms with Crippen LogP contribution in [0.4, 0.5) is 0 Å². The van der Waals surface area contributed by atoms with Crippen LogP contribution in [0.25, 0.3) is 11.0 Å². The molecule has 2 aromatic rings. The van der Waals surface area contributed by atoms with Gasteiger partial charge in [-0.2, -0.15) is 0 Å². The summed E-state index contributed by atoms with van der Waals surface area (Å²) in [6.07, 6.45) is 7.01. The molecule has 0 fully saturated rings. The molecule has 0 radical (unpaired) electrons. The largest absolute Gasteiger partial charge is 0.310 e. The van der Waals surface area contributed by atoms with Crippen molar-refractivity contribution in [3.05, 3.63) is 36.2 Å². The normalized spacial score (nSPS) is 13.5. The third kappa shape index (κ3) is 4.78. The number of benzene rings is 1. The van der Waals surface area contributed by atoms with Crippen molar-refractivity contribution in [2.45, 2.75) is 53.0 Å². The van der Waals surface area contributed by atoms with Crippen LogP contribution in [0.2, 0.25) is 0 Å². The van der Waals surface area contributed by atoms with Crippen LogP contribution in [-0.2, 0) is 0 Å². The molecule has 0 amide bonds. The molecule has 0 spiro atoms. The lowest BCUT2D eigenvalue weighted by atomic mass is 9.87. The van der Waals surface area contributed by atoms with Crippen molar-refractivity contribution in [3.8, 4) is 0 Å². The smallest absolute Gasteiger partial charge is 0.0890 e. The molecule has 1 N–H and O–H groups in total. The standard InChI is InChI=1S/C18H27N3/c1-5-10-19-15(8-9-18(2,3)4)14-6-7-16-17(13-14)21-12-11-20-16/h6-7,11-13,15,19H,5,8-10H2,1-4H3. The highest BCUT2D eigenvalue weighted by Crippen LogP contribution is 2.28. The fourth-order valence-electron chi connectivity index (χ4n) is 2.48. The van der Waals surface area contributed by atoms with Crippen molar-refractivity contribution >= 4 is 11.0 Å². The molecule has 0 saturated carbocycles. The van der Waals surface area contributed by atoms with Crippen LogP contribution in [-0.4, -0.2) is 16.5 Å². The fourth-order valence-corrected chi connectivity index (χ4v) is 2.48. The van der Waals surface area contributed by atoms with Gasteiger partial charge in [0.1, 0.15) is 0 Å². The van der Waals surface area contributed by atoms with Crippen molar-refractivity contribution in [1.29, 1.82) is 0 Å². The van der Waals surface area contributed by atoms with E-state index in [0.717, 1.165) is 30.4 Å². The minimum atomic E-state index is 0.364. The first-order chi connectivity index (χ1) is 9.99. The molecule has 3 heteroatoms. The van der Waals surface area contributed by atoms with Crippen LogP contribution >= 0.6 is 0 Å². The fraction of sp³-hybridized carbons (Fsp3) is 0.556. The molecule has 1 heterocycles. The summed E-state index contributed by atoms with van der Waals surface area (Å²) >= 11 is 0. The minimum absolute atomic E-state index is 0.364. The zero-order valence-electron chi connectivity index (χ0n) is 13.7. The molecule has 0 aliphatic heterocycles. The zero-order chi connectivity index (χ0) is 15.3. The molecule has 1 unspecified atom stereocenters. The lowest BCUT2D eigenvalue weighted by Crippen LogP contribution is -2.23. The number of nitrogens with one attached hydrogen (secondary N) is 1. The topological polar surface area (TPSA) is 37.8 Å². The van der Waals surface area contributed by atoms with Crippen LogP contribution in [0.5, 0.6) is 0 Å². The van der Waals surface area contributed by atoms with Gasteiger partial charge >= 0.3 is 0 Å². The molecule has 0 saturated heterocycles. The van der Waals surface area contributed by atoms with Gasteiger partial charge in [-0.25, -0.2) is 0 Å². The van der Waals surface area contributed by atoms with E-state index in [2.05, 4.69) is 61.2 Å². The lowest BCUT2D eigenvalue weighted by Gasteiger charge is -2.24. The number of hydrogen-bond acceptors (Lipinski definition) is 3. The maximum absolute atomic E-state index is 4.42. The van der Waals surface area contributed by atoms with Crippen LogP contribution in [0.3, 0.4) is 0 Å². The highest BCUT2D eigenvalue weighted by Gasteiger charge is 2.17. The van der Waals surface area contributed by atoms with E-state index in [1.807, 2.05) is 0 Å². The summed E-state index contributed by atoms with van der Waals surface area (Å²) in [7, 11) is 0. The van der Waals surface area contributed by atoms with Gasteiger partial charge < -0.3 is 5.32 Å². The van der Waals surface area contributed by atoms with E-state index in [9.17, 15) is 0 Å². The summed E-state index contributed by atoms with van der Waals surface area (Å²) < 4.78 is 0. The monoisotopic (exact) mass is 285 g/mol. The predicted octanol–water partition coefficient (Wildman–Crippen LogP) is 4.50. The summed E-state index contributed by atoms with van der Waals surface area (Å²) in [5, 5.41) is 3.67. The Kier molecular flexibility index (Phi) is 5.29. The van der Waals surface area contributed by atoms with E-state index in [0.29, 0.717) is 11.5 Å². The van der Waals surface area contributed by atoms with Crippen molar-refractivity contribution < 1.29 is 0 Å². The van der Waals surface area contributed by atoms with Crippen LogP contribution < -0.4 is 5.32 Å². The van der Waals surface area contributed by atoms with Gasteiger partial charge in [0.2, 0.25) is 0 Å². The van der Waals surface area contributed by atoms with Crippen molar-refractivity contribution in [2.24, 2.45) is 5.41 Å². The van der Waals surface area contributed by atoms with Crippen molar-refractivity contribution in [2.75, 3.05) is 6.54 Å². The van der Waals surface area contributed by atoms with E-state index >= 15 is 0 Å². The molecule has 3 nitrogen and oxygen atoms in total. The van der Waals surface area contributed by atoms with Crippen LogP contribution in [0.15, 0.2) is 30.6 Å². The van der Waals surface area contributed by atoms with Gasteiger partial charge in [0, 0.05) is 18.4 Å². The molecule has 2 rings (SSSR count). The Labute approximate surface area is 128 Å². The molecule has 0 aliphatic carbocycles. The summed E-state index contributed by atoms with van der Waals surface area (Å²) in [6.45, 7) is 10.2. The third-order valence-corrected chi connectivity index (χ3v) is 3.72. The molecule has 0 bridgehead atoms. The SMILES string of the molecule is CCCNC(CCC(C)(C)C)c1ccc2nccnc2c1. The molecule has 114 valence electrons. The van der Waals surface area contributed by atoms with Gasteiger partial charge in [-0.15, -0.1) is 0 Å². The Balaban J connectivity index is 2.20. The van der Waals surface area contributed by atoms with Gasteiger partial charge in [-0.1, -0.05) is 33.8 Å². The van der Waals surface area contributed by atoms with Gasteiger partial charge in [-0.05, 0) is 48.9 Å². The second-order valence-corrected chi connectivity index (χ2v) is 6.91. The second-order valence-electron chi connectivity index (χ2n) is 6.91. The number of aromatic nitrogens is 2. The lowest BCUT2D eigenvalue weighted by molar-refractivity contribution is 0.332. The summed E-state index contributed by atoms with van der Waals surface area (Å²) in [4.78, 5) is 8.77. The summed E-state index contributed by atoms with van der Waals surface area (Å²) in [5.74, 6) is 0. The molecule has 1 aromatic carbocycles. The van der Waals surface area contributed by atoms with E-state index in [-0.39, 0.29) is 0 Å². The maximum Gasteiger partial charge on any atom is 0.0890 e. The first kappa shape index (κ1) is 15.9. The molecular weight excluding hydrogens is 258 g/mol. The number of rotatable bonds is 6. The number of hydrogen-bond donors (Lipinski definition) is 1. The van der Waals surface area contributed by atoms with E-state index in [1.54, 1.807) is 12.4 Å². The van der Waals surface area contributed by atoms with Crippen LogP contribution in [0, 0.1) is 5.41 Å². The number of fused-ring (bicyclic) bond motifs is 1. The van der Waals surface area contributed by atoms with Crippen LogP contribution in [0.1, 0.15) is 58.6 Å². The molecular formula is C18H27N3. The van der Waals surface area contributed by atoms with Gasteiger partial charge in [0.15, 0.2) is 0 Å². The quantitative estimate of drug-likeness (QED) is 0.849. The first-order valence-electron chi connectivity index (χ1n) is 7.93. The van der Waals surface area contributed by atoms with Crippen molar-refractivity contribution in [1.82, 2.24) is 15.3 Å². The average molecular weight is 285 g/mol. The molecule has 1 atom stereocenters. The Hall–Kier alpha value is -1.48. The highest BCUT2D eigenvalue weighted by molar-refractivity contribution is 5.74. The Bertz CT molecular complexity index is 572. The maximum atomic E-state index is 4.42. The molecule has 1 aromatic heterocycles. The molecule has 21 heavy (non-hydrogen) atoms. The van der Waals surface area contributed by atoms with Gasteiger partial charge in [-0.3, -0.25) is 9.97 Å². The van der Waals surface area contributed by atoms with E-state index < -0.39 is 0 Å². The van der Waals surface area contributed by atoms with E-state index in [1.165, 1.54) is 12.0 Å². The third-order valence-electron chi connectivity index (χ3n) is 3.72.